The lowest BCUT2D eigenvalue weighted by Crippen LogP contribution is -2.11. The molecule has 0 spiro atoms. The molecular formula is C10H16ClN5. The van der Waals surface area contributed by atoms with Crippen LogP contribution in [-0.2, 0) is 0 Å². The molecule has 5 nitrogen and oxygen atoms in total. The molecule has 1 saturated carbocycles. The molecule has 2 N–H and O–H groups in total. The molecule has 1 heterocycles. The van der Waals surface area contributed by atoms with Crippen molar-refractivity contribution in [2.24, 2.45) is 11.3 Å². The highest BCUT2D eigenvalue weighted by Crippen LogP contribution is 2.51. The number of nitrogens with zero attached hydrogens (tertiary/aromatic N) is 3. The predicted octanol–water partition coefficient (Wildman–Crippen LogP) is 2.02. The number of hydrogen-bond donors (Lipinski definition) is 2. The Labute approximate surface area is 100 Å². The van der Waals surface area contributed by atoms with Gasteiger partial charge < -0.3 is 10.6 Å². The normalized spacial score (nSPS) is 21.6. The molecule has 0 aromatic carbocycles. The Morgan fingerprint density at radius 2 is 1.94 bits per heavy atom. The largest absolute Gasteiger partial charge is 0.357 e. The van der Waals surface area contributed by atoms with Crippen LogP contribution in [0.3, 0.4) is 0 Å². The predicted molar refractivity (Wildman–Crippen MR) is 64.8 cm³/mol. The summed E-state index contributed by atoms with van der Waals surface area (Å²) in [6.45, 7) is 5.41. The monoisotopic (exact) mass is 241 g/mol. The molecule has 1 aliphatic rings. The van der Waals surface area contributed by atoms with Crippen LogP contribution < -0.4 is 10.6 Å². The Hall–Kier alpha value is -1.10. The second kappa shape index (κ2) is 4.05. The summed E-state index contributed by atoms with van der Waals surface area (Å²) < 4.78 is 0. The van der Waals surface area contributed by atoms with E-state index in [1.807, 2.05) is 0 Å². The minimum Gasteiger partial charge on any atom is -0.357 e. The minimum atomic E-state index is 0.205. The average Bonchev–Trinajstić information content (AvgIpc) is 2.83. The van der Waals surface area contributed by atoms with Crippen LogP contribution in [0.1, 0.15) is 20.3 Å². The zero-order valence-electron chi connectivity index (χ0n) is 9.71. The first kappa shape index (κ1) is 11.4. The van der Waals surface area contributed by atoms with E-state index in [0.717, 1.165) is 6.54 Å². The first-order chi connectivity index (χ1) is 7.51. The summed E-state index contributed by atoms with van der Waals surface area (Å²) in [5.41, 5.74) is 0.454. The van der Waals surface area contributed by atoms with E-state index in [9.17, 15) is 0 Å². The number of aromatic nitrogens is 3. The number of nitrogens with one attached hydrogen (secondary N) is 2. The van der Waals surface area contributed by atoms with Crippen LogP contribution in [-0.4, -0.2) is 28.5 Å². The van der Waals surface area contributed by atoms with E-state index in [0.29, 0.717) is 23.2 Å². The summed E-state index contributed by atoms with van der Waals surface area (Å²) in [7, 11) is 1.75. The second-order valence-electron chi connectivity index (χ2n) is 4.77. The van der Waals surface area contributed by atoms with Gasteiger partial charge in [-0.25, -0.2) is 0 Å². The molecule has 1 aromatic rings. The summed E-state index contributed by atoms with van der Waals surface area (Å²) in [5.74, 6) is 1.71. The van der Waals surface area contributed by atoms with Gasteiger partial charge in [-0.1, -0.05) is 13.8 Å². The van der Waals surface area contributed by atoms with E-state index in [1.165, 1.54) is 6.42 Å². The van der Waals surface area contributed by atoms with Crippen LogP contribution in [0.2, 0.25) is 5.28 Å². The topological polar surface area (TPSA) is 62.7 Å². The number of hydrogen-bond acceptors (Lipinski definition) is 5. The fourth-order valence-corrected chi connectivity index (χ4v) is 1.84. The molecule has 2 rings (SSSR count). The van der Waals surface area contributed by atoms with Crippen LogP contribution in [0.25, 0.3) is 0 Å². The number of halogens is 1. The van der Waals surface area contributed by atoms with E-state index >= 15 is 0 Å². The Morgan fingerprint density at radius 1 is 1.31 bits per heavy atom. The third-order valence-electron chi connectivity index (χ3n) is 3.06. The summed E-state index contributed by atoms with van der Waals surface area (Å²) in [6, 6.07) is 0. The van der Waals surface area contributed by atoms with Gasteiger partial charge in [-0.3, -0.25) is 0 Å². The van der Waals surface area contributed by atoms with E-state index < -0.39 is 0 Å². The highest BCUT2D eigenvalue weighted by molar-refractivity contribution is 6.28. The van der Waals surface area contributed by atoms with Crippen molar-refractivity contribution in [1.82, 2.24) is 15.0 Å². The van der Waals surface area contributed by atoms with Gasteiger partial charge in [-0.05, 0) is 29.4 Å². The van der Waals surface area contributed by atoms with Crippen molar-refractivity contribution < 1.29 is 0 Å². The summed E-state index contributed by atoms with van der Waals surface area (Å²) in [4.78, 5) is 12.1. The third kappa shape index (κ3) is 2.52. The zero-order valence-corrected chi connectivity index (χ0v) is 10.5. The lowest BCUT2D eigenvalue weighted by atomic mass is 10.1. The molecule has 0 saturated heterocycles. The van der Waals surface area contributed by atoms with Crippen molar-refractivity contribution in [3.05, 3.63) is 5.28 Å². The lowest BCUT2D eigenvalue weighted by Gasteiger charge is -2.07. The van der Waals surface area contributed by atoms with E-state index in [1.54, 1.807) is 7.05 Å². The molecule has 0 bridgehead atoms. The fraction of sp³-hybridized carbons (Fsp3) is 0.700. The second-order valence-corrected chi connectivity index (χ2v) is 5.11. The zero-order chi connectivity index (χ0) is 11.8. The van der Waals surface area contributed by atoms with Crippen LogP contribution in [0.5, 0.6) is 0 Å². The maximum absolute atomic E-state index is 5.77. The van der Waals surface area contributed by atoms with Gasteiger partial charge in [0, 0.05) is 13.6 Å². The molecule has 0 radical (unpaired) electrons. The molecule has 1 aromatic heterocycles. The molecule has 6 heteroatoms. The van der Waals surface area contributed by atoms with Gasteiger partial charge >= 0.3 is 0 Å². The smallest absolute Gasteiger partial charge is 0.228 e. The SMILES string of the molecule is CNc1nc(Cl)nc(NCC2CC2(C)C)n1. The molecule has 1 aliphatic carbocycles. The van der Waals surface area contributed by atoms with Gasteiger partial charge in [-0.15, -0.1) is 0 Å². The Kier molecular flexibility index (Phi) is 2.88. The van der Waals surface area contributed by atoms with Crippen LogP contribution in [0, 0.1) is 11.3 Å². The first-order valence-electron chi connectivity index (χ1n) is 5.34. The van der Waals surface area contributed by atoms with E-state index in [-0.39, 0.29) is 5.28 Å². The quantitative estimate of drug-likeness (QED) is 0.845. The van der Waals surface area contributed by atoms with Gasteiger partial charge in [0.25, 0.3) is 0 Å². The molecule has 1 unspecified atom stereocenters. The third-order valence-corrected chi connectivity index (χ3v) is 3.22. The maximum atomic E-state index is 5.77. The van der Waals surface area contributed by atoms with Gasteiger partial charge in [0.05, 0.1) is 0 Å². The van der Waals surface area contributed by atoms with Gasteiger partial charge in [0.2, 0.25) is 17.2 Å². The molecule has 0 amide bonds. The Morgan fingerprint density at radius 3 is 2.50 bits per heavy atom. The fourth-order valence-electron chi connectivity index (χ4n) is 1.68. The summed E-state index contributed by atoms with van der Waals surface area (Å²) in [5, 5.41) is 6.24. The molecule has 1 fully saturated rings. The molecule has 16 heavy (non-hydrogen) atoms. The van der Waals surface area contributed by atoms with Crippen molar-refractivity contribution >= 4 is 23.5 Å². The first-order valence-corrected chi connectivity index (χ1v) is 5.72. The van der Waals surface area contributed by atoms with Crippen molar-refractivity contribution in [2.75, 3.05) is 24.2 Å². The number of anilines is 2. The molecular weight excluding hydrogens is 226 g/mol. The van der Waals surface area contributed by atoms with Gasteiger partial charge in [0.1, 0.15) is 0 Å². The highest BCUT2D eigenvalue weighted by atomic mass is 35.5. The Balaban J connectivity index is 1.96. The van der Waals surface area contributed by atoms with E-state index in [4.69, 9.17) is 11.6 Å². The van der Waals surface area contributed by atoms with Crippen molar-refractivity contribution in [3.8, 4) is 0 Å². The van der Waals surface area contributed by atoms with E-state index in [2.05, 4.69) is 39.4 Å². The van der Waals surface area contributed by atoms with Crippen molar-refractivity contribution in [3.63, 3.8) is 0 Å². The summed E-state index contributed by atoms with van der Waals surface area (Å²) in [6.07, 6.45) is 1.25. The molecule has 88 valence electrons. The molecule has 0 aliphatic heterocycles. The molecule has 1 atom stereocenters. The number of rotatable bonds is 4. The maximum Gasteiger partial charge on any atom is 0.228 e. The van der Waals surface area contributed by atoms with Gasteiger partial charge in [0.15, 0.2) is 0 Å². The van der Waals surface area contributed by atoms with Crippen LogP contribution in [0.15, 0.2) is 0 Å². The van der Waals surface area contributed by atoms with Crippen LogP contribution in [0.4, 0.5) is 11.9 Å². The average molecular weight is 242 g/mol. The van der Waals surface area contributed by atoms with Gasteiger partial charge in [-0.2, -0.15) is 15.0 Å². The standard InChI is InChI=1S/C10H16ClN5/c1-10(2)4-6(10)5-13-9-15-7(11)14-8(12-3)16-9/h6H,4-5H2,1-3H3,(H2,12,13,14,15,16). The Bertz CT molecular complexity index is 393. The van der Waals surface area contributed by atoms with Crippen LogP contribution >= 0.6 is 11.6 Å². The lowest BCUT2D eigenvalue weighted by molar-refractivity contribution is 0.572. The van der Waals surface area contributed by atoms with Crippen molar-refractivity contribution in [1.29, 1.82) is 0 Å². The summed E-state index contributed by atoms with van der Waals surface area (Å²) >= 11 is 5.77. The highest BCUT2D eigenvalue weighted by Gasteiger charge is 2.45. The minimum absolute atomic E-state index is 0.205. The van der Waals surface area contributed by atoms with Crippen molar-refractivity contribution in [2.45, 2.75) is 20.3 Å².